The molecule has 0 saturated heterocycles. The number of hydrogen-bond donors (Lipinski definition) is 1. The van der Waals surface area contributed by atoms with Crippen LogP contribution >= 0.6 is 0 Å². The Morgan fingerprint density at radius 1 is 1.05 bits per heavy atom. The lowest BCUT2D eigenvalue weighted by atomic mass is 10.0. The molecule has 0 atom stereocenters. The number of halogens is 3. The zero-order chi connectivity index (χ0) is 30.2. The van der Waals surface area contributed by atoms with Gasteiger partial charge in [0.2, 0.25) is 0 Å². The summed E-state index contributed by atoms with van der Waals surface area (Å²) in [4.78, 5) is 28.6. The molecule has 42 heavy (non-hydrogen) atoms. The number of aryl methyl sites for hydroxylation is 1. The first-order chi connectivity index (χ1) is 19.9. The van der Waals surface area contributed by atoms with Crippen LogP contribution in [0.2, 0.25) is 0 Å². The number of rotatable bonds is 7. The molecule has 214 valence electrons. The minimum absolute atomic E-state index is 0.00365. The van der Waals surface area contributed by atoms with Crippen LogP contribution in [0.3, 0.4) is 0 Å². The highest BCUT2D eigenvalue weighted by Gasteiger charge is 2.36. The van der Waals surface area contributed by atoms with E-state index in [-0.39, 0.29) is 39.9 Å². The maximum Gasteiger partial charge on any atom is 0.433 e. The average molecular weight is 576 g/mol. The zero-order valence-electron chi connectivity index (χ0n) is 22.6. The molecule has 0 aliphatic rings. The summed E-state index contributed by atoms with van der Waals surface area (Å²) in [6, 6.07) is 18.6. The number of anilines is 1. The van der Waals surface area contributed by atoms with Gasteiger partial charge in [-0.1, -0.05) is 56.3 Å². The number of fused-ring (bicyclic) bond motifs is 1. The monoisotopic (exact) mass is 575 g/mol. The first-order valence-corrected chi connectivity index (χ1v) is 12.8. The summed E-state index contributed by atoms with van der Waals surface area (Å²) in [5, 5.41) is 17.9. The van der Waals surface area contributed by atoms with E-state index in [1.165, 1.54) is 12.1 Å². The van der Waals surface area contributed by atoms with Gasteiger partial charge in [-0.15, -0.1) is 0 Å². The predicted molar refractivity (Wildman–Crippen MR) is 150 cm³/mol. The Kier molecular flexibility index (Phi) is 7.38. The fourth-order valence-corrected chi connectivity index (χ4v) is 4.33. The largest absolute Gasteiger partial charge is 0.457 e. The molecule has 9 nitrogen and oxygen atoms in total. The van der Waals surface area contributed by atoms with Crippen molar-refractivity contribution in [3.8, 4) is 22.8 Å². The molecular formula is C30H24F3N5O4. The highest BCUT2D eigenvalue weighted by molar-refractivity contribution is 6.08. The lowest BCUT2D eigenvalue weighted by Crippen LogP contribution is -2.16. The van der Waals surface area contributed by atoms with Crippen molar-refractivity contribution in [2.75, 3.05) is 5.32 Å². The van der Waals surface area contributed by atoms with Gasteiger partial charge in [0, 0.05) is 17.7 Å². The number of nitro benzene ring substituents is 1. The summed E-state index contributed by atoms with van der Waals surface area (Å²) in [6.45, 7) is 5.80. The molecule has 12 heteroatoms. The second kappa shape index (κ2) is 11.0. The van der Waals surface area contributed by atoms with Crippen molar-refractivity contribution in [2.45, 2.75) is 32.9 Å². The van der Waals surface area contributed by atoms with E-state index in [2.05, 4.69) is 15.4 Å². The van der Waals surface area contributed by atoms with Crippen molar-refractivity contribution < 1.29 is 27.6 Å². The second-order valence-corrected chi connectivity index (χ2v) is 9.89. The topological polar surface area (TPSA) is 112 Å². The third kappa shape index (κ3) is 5.78. The summed E-state index contributed by atoms with van der Waals surface area (Å²) < 4.78 is 48.5. The molecule has 2 heterocycles. The Morgan fingerprint density at radius 3 is 2.40 bits per heavy atom. The lowest BCUT2D eigenvalue weighted by Gasteiger charge is -2.13. The number of nitrogens with one attached hydrogen (secondary N) is 1. The van der Waals surface area contributed by atoms with E-state index in [0.717, 1.165) is 29.5 Å². The van der Waals surface area contributed by atoms with Crippen LogP contribution in [-0.4, -0.2) is 25.4 Å². The fourth-order valence-electron chi connectivity index (χ4n) is 4.33. The molecule has 0 aliphatic heterocycles. The van der Waals surface area contributed by atoms with Crippen LogP contribution in [0.5, 0.6) is 11.5 Å². The Morgan fingerprint density at radius 2 is 1.76 bits per heavy atom. The van der Waals surface area contributed by atoms with Gasteiger partial charge in [-0.05, 0) is 36.1 Å². The number of nitrogens with zero attached hydrogens (tertiary/aromatic N) is 4. The van der Waals surface area contributed by atoms with E-state index in [1.807, 2.05) is 32.0 Å². The van der Waals surface area contributed by atoms with Gasteiger partial charge >= 0.3 is 6.18 Å². The summed E-state index contributed by atoms with van der Waals surface area (Å²) >= 11 is 0. The van der Waals surface area contributed by atoms with Gasteiger partial charge in [0.1, 0.15) is 17.1 Å². The molecule has 1 amide bonds. The number of alkyl halides is 3. The number of para-hydroxylation sites is 1. The SMILES string of the molecule is Cc1ccccc1Oc1cc(NC(=O)c2cnn3c(C(F)(F)F)cc(-c4ccc(C(C)C)cc4)nc23)cc([N+](=O)[O-])c1. The third-order valence-corrected chi connectivity index (χ3v) is 6.56. The van der Waals surface area contributed by atoms with E-state index >= 15 is 0 Å². The van der Waals surface area contributed by atoms with Crippen molar-refractivity contribution in [1.29, 1.82) is 0 Å². The zero-order valence-corrected chi connectivity index (χ0v) is 22.6. The van der Waals surface area contributed by atoms with Crippen LogP contribution in [0.25, 0.3) is 16.9 Å². The quantitative estimate of drug-likeness (QED) is 0.157. The van der Waals surface area contributed by atoms with Crippen molar-refractivity contribution in [3.05, 3.63) is 111 Å². The number of non-ortho nitro benzene ring substituents is 1. The van der Waals surface area contributed by atoms with Crippen LogP contribution in [-0.2, 0) is 6.18 Å². The minimum atomic E-state index is -4.80. The van der Waals surface area contributed by atoms with E-state index < -0.39 is 22.7 Å². The molecule has 0 fully saturated rings. The molecule has 0 radical (unpaired) electrons. The van der Waals surface area contributed by atoms with Crippen molar-refractivity contribution in [2.24, 2.45) is 0 Å². The number of carbonyl (C=O) groups is 1. The Labute approximate surface area is 237 Å². The molecule has 3 aromatic carbocycles. The molecule has 0 aliphatic carbocycles. The lowest BCUT2D eigenvalue weighted by molar-refractivity contribution is -0.384. The van der Waals surface area contributed by atoms with Gasteiger partial charge in [0.15, 0.2) is 11.3 Å². The molecular weight excluding hydrogens is 551 g/mol. The summed E-state index contributed by atoms with van der Waals surface area (Å²) in [6.07, 6.45) is -3.82. The van der Waals surface area contributed by atoms with Crippen molar-refractivity contribution in [1.82, 2.24) is 14.6 Å². The maximum absolute atomic E-state index is 14.0. The predicted octanol–water partition coefficient (Wildman–Crippen LogP) is 7.80. The van der Waals surface area contributed by atoms with Gasteiger partial charge in [0.25, 0.3) is 11.6 Å². The Hall–Kier alpha value is -5.26. The number of hydrogen-bond acceptors (Lipinski definition) is 6. The van der Waals surface area contributed by atoms with Gasteiger partial charge in [-0.25, -0.2) is 9.50 Å². The number of benzene rings is 3. The normalized spacial score (nSPS) is 11.6. The molecule has 0 bridgehead atoms. The van der Waals surface area contributed by atoms with Crippen LogP contribution in [0.1, 0.15) is 46.9 Å². The van der Waals surface area contributed by atoms with Gasteiger partial charge in [-0.2, -0.15) is 18.3 Å². The molecule has 0 spiro atoms. The number of aromatic nitrogens is 3. The van der Waals surface area contributed by atoms with Crippen LogP contribution in [0.15, 0.2) is 79.0 Å². The van der Waals surface area contributed by atoms with Gasteiger partial charge in [-0.3, -0.25) is 14.9 Å². The third-order valence-electron chi connectivity index (χ3n) is 6.56. The molecule has 0 unspecified atom stereocenters. The highest BCUT2D eigenvalue weighted by Crippen LogP contribution is 2.34. The number of carbonyl (C=O) groups excluding carboxylic acids is 1. The van der Waals surface area contributed by atoms with Gasteiger partial charge < -0.3 is 10.1 Å². The molecule has 5 rings (SSSR count). The summed E-state index contributed by atoms with van der Waals surface area (Å²) in [5.74, 6) is -0.101. The van der Waals surface area contributed by atoms with Crippen molar-refractivity contribution >= 4 is 22.9 Å². The first kappa shape index (κ1) is 28.3. The minimum Gasteiger partial charge on any atom is -0.457 e. The standard InChI is InChI=1S/C30H24F3N5O4/c1-17(2)19-8-10-20(11-9-19)25-15-27(30(31,32)33)37-28(36-25)24(16-34-37)29(39)35-21-12-22(38(40)41)14-23(13-21)42-26-7-5-4-6-18(26)3/h4-17H,1-3H3,(H,35,39). The molecule has 2 aromatic heterocycles. The Bertz CT molecular complexity index is 1810. The van der Waals surface area contributed by atoms with Crippen LogP contribution in [0, 0.1) is 17.0 Å². The maximum atomic E-state index is 14.0. The van der Waals surface area contributed by atoms with Crippen LogP contribution in [0.4, 0.5) is 24.5 Å². The molecule has 1 N–H and O–H groups in total. The molecule has 5 aromatic rings. The van der Waals surface area contributed by atoms with E-state index in [4.69, 9.17) is 4.74 Å². The number of nitro groups is 1. The summed E-state index contributed by atoms with van der Waals surface area (Å²) in [5.41, 5.74) is 0.153. The Balaban J connectivity index is 1.54. The smallest absolute Gasteiger partial charge is 0.433 e. The van der Waals surface area contributed by atoms with E-state index in [1.54, 1.807) is 37.3 Å². The average Bonchev–Trinajstić information content (AvgIpc) is 3.37. The molecule has 0 saturated carbocycles. The number of amides is 1. The summed E-state index contributed by atoms with van der Waals surface area (Å²) in [7, 11) is 0. The highest BCUT2D eigenvalue weighted by atomic mass is 19.4. The van der Waals surface area contributed by atoms with Gasteiger partial charge in [0.05, 0.1) is 28.6 Å². The van der Waals surface area contributed by atoms with E-state index in [9.17, 15) is 28.1 Å². The second-order valence-electron chi connectivity index (χ2n) is 9.89. The fraction of sp³-hybridized carbons (Fsp3) is 0.167. The first-order valence-electron chi connectivity index (χ1n) is 12.8. The van der Waals surface area contributed by atoms with Crippen molar-refractivity contribution in [3.63, 3.8) is 0 Å². The van der Waals surface area contributed by atoms with Crippen LogP contribution < -0.4 is 10.1 Å². The number of ether oxygens (including phenoxy) is 1. The van der Waals surface area contributed by atoms with E-state index in [0.29, 0.717) is 15.8 Å².